The summed E-state index contributed by atoms with van der Waals surface area (Å²) in [5.41, 5.74) is 0. The van der Waals surface area contributed by atoms with E-state index in [0.717, 1.165) is 0 Å². The summed E-state index contributed by atoms with van der Waals surface area (Å²) in [7, 11) is -2.84. The van der Waals surface area contributed by atoms with Gasteiger partial charge in [0.15, 0.2) is 9.84 Å². The highest BCUT2D eigenvalue weighted by Crippen LogP contribution is 2.19. The first-order valence-corrected chi connectivity index (χ1v) is 7.50. The standard InChI is InChI=1S/C9H16BrNO3S/c1-9(2,10)8(12)11-5-7-3-4-15(13,14)6-7/h7H,3-6H2,1-2H3,(H,11,12). The lowest BCUT2D eigenvalue weighted by atomic mass is 10.1. The molecular formula is C9H16BrNO3S. The van der Waals surface area contributed by atoms with Gasteiger partial charge in [-0.1, -0.05) is 15.9 Å². The molecule has 1 atom stereocenters. The summed E-state index contributed by atoms with van der Waals surface area (Å²) in [5, 5.41) is 2.75. The molecule has 1 heterocycles. The number of alkyl halides is 1. The Morgan fingerprint density at radius 2 is 2.13 bits per heavy atom. The Hall–Kier alpha value is -0.100. The van der Waals surface area contributed by atoms with Crippen LogP contribution < -0.4 is 5.32 Å². The molecule has 6 heteroatoms. The predicted octanol–water partition coefficient (Wildman–Crippen LogP) is 0.711. The van der Waals surface area contributed by atoms with Crippen LogP contribution in [0.2, 0.25) is 0 Å². The van der Waals surface area contributed by atoms with Crippen molar-refractivity contribution >= 4 is 31.7 Å². The first kappa shape index (κ1) is 13.0. The van der Waals surface area contributed by atoms with Gasteiger partial charge >= 0.3 is 0 Å². The predicted molar refractivity (Wildman–Crippen MR) is 62.8 cm³/mol. The number of carbonyl (C=O) groups is 1. The molecule has 1 unspecified atom stereocenters. The van der Waals surface area contributed by atoms with E-state index in [-0.39, 0.29) is 23.3 Å². The van der Waals surface area contributed by atoms with Crippen molar-refractivity contribution in [2.75, 3.05) is 18.1 Å². The molecule has 1 N–H and O–H groups in total. The molecule has 0 spiro atoms. The molecule has 1 aliphatic rings. The first-order chi connectivity index (χ1) is 6.71. The van der Waals surface area contributed by atoms with Crippen molar-refractivity contribution in [3.63, 3.8) is 0 Å². The van der Waals surface area contributed by atoms with E-state index >= 15 is 0 Å². The van der Waals surface area contributed by atoms with E-state index in [1.165, 1.54) is 0 Å². The number of carbonyl (C=O) groups excluding carboxylic acids is 1. The second-order valence-electron chi connectivity index (χ2n) is 4.45. The molecule has 0 aliphatic carbocycles. The Morgan fingerprint density at radius 3 is 2.53 bits per heavy atom. The van der Waals surface area contributed by atoms with Crippen molar-refractivity contribution in [1.82, 2.24) is 5.32 Å². The van der Waals surface area contributed by atoms with Gasteiger partial charge in [-0.25, -0.2) is 8.42 Å². The van der Waals surface area contributed by atoms with Gasteiger partial charge in [0.1, 0.15) is 0 Å². The van der Waals surface area contributed by atoms with Gasteiger partial charge in [-0.15, -0.1) is 0 Å². The van der Waals surface area contributed by atoms with E-state index in [0.29, 0.717) is 13.0 Å². The number of sulfone groups is 1. The smallest absolute Gasteiger partial charge is 0.236 e. The van der Waals surface area contributed by atoms with Crippen LogP contribution in [0.15, 0.2) is 0 Å². The lowest BCUT2D eigenvalue weighted by Crippen LogP contribution is -2.40. The van der Waals surface area contributed by atoms with Crippen LogP contribution in [0.4, 0.5) is 0 Å². The second-order valence-corrected chi connectivity index (χ2v) is 8.66. The third-order valence-electron chi connectivity index (χ3n) is 2.42. The number of hydrogen-bond donors (Lipinski definition) is 1. The molecule has 0 aromatic carbocycles. The average molecular weight is 298 g/mol. The minimum atomic E-state index is -2.84. The van der Waals surface area contributed by atoms with Crippen LogP contribution in [-0.4, -0.2) is 36.7 Å². The Labute approximate surface area is 98.9 Å². The largest absolute Gasteiger partial charge is 0.355 e. The van der Waals surface area contributed by atoms with Crippen molar-refractivity contribution < 1.29 is 13.2 Å². The fraction of sp³-hybridized carbons (Fsp3) is 0.889. The van der Waals surface area contributed by atoms with Crippen molar-refractivity contribution in [1.29, 1.82) is 0 Å². The van der Waals surface area contributed by atoms with Gasteiger partial charge in [0.05, 0.1) is 15.8 Å². The molecular weight excluding hydrogens is 282 g/mol. The van der Waals surface area contributed by atoms with E-state index in [9.17, 15) is 13.2 Å². The zero-order valence-electron chi connectivity index (χ0n) is 8.92. The maximum Gasteiger partial charge on any atom is 0.236 e. The minimum Gasteiger partial charge on any atom is -0.355 e. The summed E-state index contributed by atoms with van der Waals surface area (Å²) in [5.74, 6) is 0.432. The van der Waals surface area contributed by atoms with E-state index in [1.807, 2.05) is 0 Å². The van der Waals surface area contributed by atoms with E-state index in [1.54, 1.807) is 13.8 Å². The van der Waals surface area contributed by atoms with Crippen LogP contribution in [0.3, 0.4) is 0 Å². The van der Waals surface area contributed by atoms with Gasteiger partial charge in [-0.2, -0.15) is 0 Å². The maximum absolute atomic E-state index is 11.5. The number of nitrogens with one attached hydrogen (secondary N) is 1. The van der Waals surface area contributed by atoms with E-state index in [4.69, 9.17) is 0 Å². The zero-order chi connectivity index (χ0) is 11.7. The van der Waals surface area contributed by atoms with E-state index in [2.05, 4.69) is 21.2 Å². The molecule has 1 amide bonds. The van der Waals surface area contributed by atoms with Crippen molar-refractivity contribution in [2.24, 2.45) is 5.92 Å². The second kappa shape index (κ2) is 4.41. The minimum absolute atomic E-state index is 0.0776. The molecule has 1 rings (SSSR count). The lowest BCUT2D eigenvalue weighted by Gasteiger charge is -2.17. The summed E-state index contributed by atoms with van der Waals surface area (Å²) in [4.78, 5) is 11.5. The average Bonchev–Trinajstić information content (AvgIpc) is 2.39. The highest BCUT2D eigenvalue weighted by molar-refractivity contribution is 9.10. The number of amides is 1. The molecule has 1 aliphatic heterocycles. The summed E-state index contributed by atoms with van der Waals surface area (Å²) < 4.78 is 21.7. The molecule has 1 fully saturated rings. The van der Waals surface area contributed by atoms with Gasteiger partial charge in [0, 0.05) is 6.54 Å². The van der Waals surface area contributed by atoms with Gasteiger partial charge in [0.2, 0.25) is 5.91 Å². The Morgan fingerprint density at radius 1 is 1.53 bits per heavy atom. The summed E-state index contributed by atoms with van der Waals surface area (Å²) >= 11 is 3.25. The monoisotopic (exact) mass is 297 g/mol. The fourth-order valence-electron chi connectivity index (χ4n) is 1.48. The van der Waals surface area contributed by atoms with Crippen molar-refractivity contribution in [3.05, 3.63) is 0 Å². The number of halogens is 1. The van der Waals surface area contributed by atoms with Crippen molar-refractivity contribution in [3.8, 4) is 0 Å². The SMILES string of the molecule is CC(C)(Br)C(=O)NCC1CCS(=O)(=O)C1. The summed E-state index contributed by atoms with van der Waals surface area (Å²) in [6.45, 7) is 3.97. The van der Waals surface area contributed by atoms with Crippen LogP contribution >= 0.6 is 15.9 Å². The Kier molecular flexibility index (Phi) is 3.81. The van der Waals surface area contributed by atoms with Gasteiger partial charge in [-0.3, -0.25) is 4.79 Å². The van der Waals surface area contributed by atoms with E-state index < -0.39 is 14.2 Å². The first-order valence-electron chi connectivity index (χ1n) is 4.88. The van der Waals surface area contributed by atoms with Crippen LogP contribution in [0, 0.1) is 5.92 Å². The quantitative estimate of drug-likeness (QED) is 0.781. The summed E-state index contributed by atoms with van der Waals surface area (Å²) in [6, 6.07) is 0. The Balaban J connectivity index is 2.37. The third-order valence-corrected chi connectivity index (χ3v) is 4.62. The molecule has 0 radical (unpaired) electrons. The van der Waals surface area contributed by atoms with Gasteiger partial charge < -0.3 is 5.32 Å². The van der Waals surface area contributed by atoms with Gasteiger partial charge in [0.25, 0.3) is 0 Å². The Bertz CT molecular complexity index is 345. The number of rotatable bonds is 3. The van der Waals surface area contributed by atoms with Crippen LogP contribution in [0.25, 0.3) is 0 Å². The van der Waals surface area contributed by atoms with Crippen molar-refractivity contribution in [2.45, 2.75) is 24.6 Å². The van der Waals surface area contributed by atoms with Crippen LogP contribution in [0.1, 0.15) is 20.3 Å². The molecule has 15 heavy (non-hydrogen) atoms. The highest BCUT2D eigenvalue weighted by Gasteiger charge is 2.29. The highest BCUT2D eigenvalue weighted by atomic mass is 79.9. The molecule has 0 aromatic rings. The number of hydrogen-bond acceptors (Lipinski definition) is 3. The fourth-order valence-corrected chi connectivity index (χ4v) is 3.48. The molecule has 0 aromatic heterocycles. The molecule has 4 nitrogen and oxygen atoms in total. The summed E-state index contributed by atoms with van der Waals surface area (Å²) in [6.07, 6.45) is 0.658. The lowest BCUT2D eigenvalue weighted by molar-refractivity contribution is -0.122. The topological polar surface area (TPSA) is 63.2 Å². The normalized spacial score (nSPS) is 25.1. The zero-order valence-corrected chi connectivity index (χ0v) is 11.3. The molecule has 0 saturated carbocycles. The van der Waals surface area contributed by atoms with Crippen LogP contribution in [-0.2, 0) is 14.6 Å². The van der Waals surface area contributed by atoms with Crippen LogP contribution in [0.5, 0.6) is 0 Å². The molecule has 0 bridgehead atoms. The van der Waals surface area contributed by atoms with Gasteiger partial charge in [-0.05, 0) is 26.2 Å². The molecule has 1 saturated heterocycles. The molecule has 88 valence electrons. The maximum atomic E-state index is 11.5. The third kappa shape index (κ3) is 4.10.